The minimum Gasteiger partial charge on any atom is -0.493 e. The Morgan fingerprint density at radius 1 is 1.06 bits per heavy atom. The maximum Gasteiger partial charge on any atom is 0.317 e. The highest BCUT2D eigenvalue weighted by molar-refractivity contribution is 5.83. The second-order valence-electron chi connectivity index (χ2n) is 8.90. The topological polar surface area (TPSA) is 89.1 Å². The van der Waals surface area contributed by atoms with Gasteiger partial charge >= 0.3 is 6.03 Å². The number of nitrogens with zero attached hydrogens (tertiary/aromatic N) is 1. The van der Waals surface area contributed by atoms with E-state index in [2.05, 4.69) is 17.6 Å². The largest absolute Gasteiger partial charge is 0.493 e. The van der Waals surface area contributed by atoms with Gasteiger partial charge in [-0.15, -0.1) is 0 Å². The summed E-state index contributed by atoms with van der Waals surface area (Å²) in [6.07, 6.45) is 1.92. The first kappa shape index (κ1) is 24.6. The second kappa shape index (κ2) is 10.6. The molecule has 1 aromatic carbocycles. The molecule has 174 valence electrons. The first-order valence-corrected chi connectivity index (χ1v) is 10.8. The van der Waals surface area contributed by atoms with E-state index in [1.165, 1.54) is 0 Å². The minimum atomic E-state index is -0.370. The van der Waals surface area contributed by atoms with Gasteiger partial charge in [-0.3, -0.25) is 4.79 Å². The summed E-state index contributed by atoms with van der Waals surface area (Å²) >= 11 is 0. The molecule has 1 aliphatic heterocycles. The number of nitrogens with one attached hydrogen (secondary N) is 2. The molecule has 2 unspecified atom stereocenters. The number of ether oxygens (including phenoxy) is 3. The maximum absolute atomic E-state index is 13.0. The fourth-order valence-corrected chi connectivity index (χ4v) is 3.81. The smallest absolute Gasteiger partial charge is 0.317 e. The number of carbonyl (C=O) groups excluding carboxylic acids is 2. The van der Waals surface area contributed by atoms with Crippen molar-refractivity contribution in [1.29, 1.82) is 0 Å². The van der Waals surface area contributed by atoms with Gasteiger partial charge in [0, 0.05) is 31.1 Å². The van der Waals surface area contributed by atoms with E-state index in [0.717, 1.165) is 18.4 Å². The van der Waals surface area contributed by atoms with E-state index in [-0.39, 0.29) is 29.3 Å². The number of urea groups is 1. The average Bonchev–Trinajstić information content (AvgIpc) is 3.17. The lowest BCUT2D eigenvalue weighted by molar-refractivity contribution is -0.124. The van der Waals surface area contributed by atoms with Crippen molar-refractivity contribution < 1.29 is 23.8 Å². The fourth-order valence-electron chi connectivity index (χ4n) is 3.81. The molecule has 2 rings (SSSR count). The molecule has 2 N–H and O–H groups in total. The molecule has 0 spiro atoms. The van der Waals surface area contributed by atoms with Crippen LogP contribution in [0.5, 0.6) is 17.2 Å². The number of rotatable bonds is 8. The molecule has 1 aromatic rings. The number of hydrogen-bond donors (Lipinski definition) is 2. The maximum atomic E-state index is 13.0. The van der Waals surface area contributed by atoms with E-state index < -0.39 is 0 Å². The predicted octanol–water partition coefficient (Wildman–Crippen LogP) is 3.15. The molecule has 31 heavy (non-hydrogen) atoms. The number of unbranched alkanes of at least 4 members (excludes halogenated alkanes) is 1. The number of carbonyl (C=O) groups is 2. The van der Waals surface area contributed by atoms with Crippen molar-refractivity contribution in [3.05, 3.63) is 17.7 Å². The quantitative estimate of drug-likeness (QED) is 0.613. The summed E-state index contributed by atoms with van der Waals surface area (Å²) in [6.45, 7) is 9.29. The number of methoxy groups -OCH3 is 3. The Morgan fingerprint density at radius 2 is 1.68 bits per heavy atom. The van der Waals surface area contributed by atoms with Crippen LogP contribution in [0, 0.1) is 5.92 Å². The minimum absolute atomic E-state index is 0.0433. The molecule has 8 nitrogen and oxygen atoms in total. The summed E-state index contributed by atoms with van der Waals surface area (Å²) in [5.74, 6) is 0.946. The van der Waals surface area contributed by atoms with E-state index in [4.69, 9.17) is 14.2 Å². The molecule has 0 radical (unpaired) electrons. The second-order valence-corrected chi connectivity index (χ2v) is 8.90. The van der Waals surface area contributed by atoms with Gasteiger partial charge in [0.05, 0.1) is 27.2 Å². The van der Waals surface area contributed by atoms with Crippen molar-refractivity contribution in [3.63, 3.8) is 0 Å². The molecule has 1 aliphatic rings. The van der Waals surface area contributed by atoms with Gasteiger partial charge < -0.3 is 29.7 Å². The zero-order valence-corrected chi connectivity index (χ0v) is 19.8. The Hall–Kier alpha value is -2.64. The van der Waals surface area contributed by atoms with Crippen LogP contribution in [-0.2, 0) is 4.79 Å². The monoisotopic (exact) mass is 435 g/mol. The van der Waals surface area contributed by atoms with Gasteiger partial charge in [0.1, 0.15) is 0 Å². The Balaban J connectivity index is 2.38. The third-order valence-electron chi connectivity index (χ3n) is 5.37. The standard InChI is InChI=1S/C23H37N3O5/c1-8-9-10-24-21(27)17-14-26(22(28)25-23(2,3)4)13-16(17)15-11-18(29-5)20(31-7)19(12-15)30-6/h11-12,16-17H,8-10,13-14H2,1-7H3,(H,24,27)(H,25,28). The van der Waals surface area contributed by atoms with Crippen LogP contribution in [-0.4, -0.2) is 63.3 Å². The number of likely N-dealkylation sites (tertiary alicyclic amines) is 1. The van der Waals surface area contributed by atoms with E-state index in [9.17, 15) is 9.59 Å². The molecule has 1 heterocycles. The van der Waals surface area contributed by atoms with Crippen LogP contribution >= 0.6 is 0 Å². The predicted molar refractivity (Wildman–Crippen MR) is 120 cm³/mol. The summed E-state index contributed by atoms with van der Waals surface area (Å²) in [5.41, 5.74) is 0.511. The average molecular weight is 436 g/mol. The van der Waals surface area contributed by atoms with Crippen molar-refractivity contribution >= 4 is 11.9 Å². The van der Waals surface area contributed by atoms with Crippen LogP contribution in [0.1, 0.15) is 52.0 Å². The first-order valence-electron chi connectivity index (χ1n) is 10.8. The van der Waals surface area contributed by atoms with Crippen LogP contribution < -0.4 is 24.8 Å². The molecule has 8 heteroatoms. The molecule has 1 fully saturated rings. The van der Waals surface area contributed by atoms with Gasteiger partial charge in [0.15, 0.2) is 11.5 Å². The van der Waals surface area contributed by atoms with Gasteiger partial charge in [-0.05, 0) is 44.9 Å². The van der Waals surface area contributed by atoms with Crippen molar-refractivity contribution in [2.24, 2.45) is 5.92 Å². The molecular formula is C23H37N3O5. The highest BCUT2D eigenvalue weighted by Gasteiger charge is 2.41. The van der Waals surface area contributed by atoms with E-state index in [1.54, 1.807) is 26.2 Å². The van der Waals surface area contributed by atoms with E-state index >= 15 is 0 Å². The SMILES string of the molecule is CCCCNC(=O)C1CN(C(=O)NC(C)(C)C)CC1c1cc(OC)c(OC)c(OC)c1. The van der Waals surface area contributed by atoms with Crippen LogP contribution in [0.3, 0.4) is 0 Å². The highest BCUT2D eigenvalue weighted by Crippen LogP contribution is 2.43. The Bertz CT molecular complexity index is 750. The number of amides is 3. The zero-order chi connectivity index (χ0) is 23.2. The van der Waals surface area contributed by atoms with Gasteiger partial charge in [0.2, 0.25) is 11.7 Å². The lowest BCUT2D eigenvalue weighted by Crippen LogP contribution is -2.48. The third kappa shape index (κ3) is 6.18. The summed E-state index contributed by atoms with van der Waals surface area (Å²) in [7, 11) is 4.68. The molecule has 0 bridgehead atoms. The third-order valence-corrected chi connectivity index (χ3v) is 5.37. The lowest BCUT2D eigenvalue weighted by atomic mass is 9.88. The normalized spacial score (nSPS) is 18.5. The van der Waals surface area contributed by atoms with Gasteiger partial charge in [-0.1, -0.05) is 13.3 Å². The van der Waals surface area contributed by atoms with Crippen LogP contribution in [0.2, 0.25) is 0 Å². The summed E-state index contributed by atoms with van der Waals surface area (Å²) < 4.78 is 16.4. The first-order chi connectivity index (χ1) is 14.6. The summed E-state index contributed by atoms with van der Waals surface area (Å²) in [5, 5.41) is 6.02. The van der Waals surface area contributed by atoms with Crippen LogP contribution in [0.15, 0.2) is 12.1 Å². The fraction of sp³-hybridized carbons (Fsp3) is 0.652. The lowest BCUT2D eigenvalue weighted by Gasteiger charge is -2.25. The Labute approximate surface area is 185 Å². The molecule has 1 saturated heterocycles. The van der Waals surface area contributed by atoms with Gasteiger partial charge in [0.25, 0.3) is 0 Å². The number of benzene rings is 1. The van der Waals surface area contributed by atoms with Gasteiger partial charge in [-0.2, -0.15) is 0 Å². The molecular weight excluding hydrogens is 398 g/mol. The molecule has 0 aromatic heterocycles. The summed E-state index contributed by atoms with van der Waals surface area (Å²) in [6, 6.07) is 3.56. The van der Waals surface area contributed by atoms with Crippen molar-refractivity contribution in [2.45, 2.75) is 52.0 Å². The van der Waals surface area contributed by atoms with Crippen molar-refractivity contribution in [3.8, 4) is 17.2 Å². The highest BCUT2D eigenvalue weighted by atomic mass is 16.5. The Morgan fingerprint density at radius 3 is 2.16 bits per heavy atom. The molecule has 3 amide bonds. The number of hydrogen-bond acceptors (Lipinski definition) is 5. The summed E-state index contributed by atoms with van der Waals surface area (Å²) in [4.78, 5) is 27.6. The van der Waals surface area contributed by atoms with Crippen LogP contribution in [0.25, 0.3) is 0 Å². The molecule has 0 aliphatic carbocycles. The van der Waals surface area contributed by atoms with Crippen molar-refractivity contribution in [1.82, 2.24) is 15.5 Å². The van der Waals surface area contributed by atoms with Crippen LogP contribution in [0.4, 0.5) is 4.79 Å². The van der Waals surface area contributed by atoms with E-state index in [1.807, 2.05) is 32.9 Å². The molecule has 2 atom stereocenters. The van der Waals surface area contributed by atoms with Crippen molar-refractivity contribution in [2.75, 3.05) is 41.0 Å². The van der Waals surface area contributed by atoms with Gasteiger partial charge in [-0.25, -0.2) is 4.79 Å². The zero-order valence-electron chi connectivity index (χ0n) is 19.8. The Kier molecular flexibility index (Phi) is 8.42. The van der Waals surface area contributed by atoms with E-state index in [0.29, 0.717) is 36.9 Å². The molecule has 0 saturated carbocycles.